The first-order valence-corrected chi connectivity index (χ1v) is 3.38. The van der Waals surface area contributed by atoms with E-state index in [-0.39, 0.29) is 0 Å². The molecular weight excluding hydrogens is 124 g/mol. The van der Waals surface area contributed by atoms with Crippen LogP contribution in [-0.2, 0) is 7.05 Å². The molecular formula is C3H7N4S+. The molecule has 1 rings (SSSR count). The predicted molar refractivity (Wildman–Crippen MR) is 29.3 cm³/mol. The number of aryl methyl sites for hydroxylation is 1. The Morgan fingerprint density at radius 2 is 2.50 bits per heavy atom. The molecule has 1 aromatic rings. The van der Waals surface area contributed by atoms with Crippen molar-refractivity contribution in [2.24, 2.45) is 7.05 Å². The highest BCUT2D eigenvalue weighted by atomic mass is 32.2. The van der Waals surface area contributed by atoms with E-state index >= 15 is 0 Å². The summed E-state index contributed by atoms with van der Waals surface area (Å²) < 4.78 is 0. The zero-order chi connectivity index (χ0) is 5.98. The van der Waals surface area contributed by atoms with Gasteiger partial charge in [0, 0.05) is 0 Å². The molecule has 0 radical (unpaired) electrons. The van der Waals surface area contributed by atoms with Crippen molar-refractivity contribution in [3.63, 3.8) is 0 Å². The minimum Gasteiger partial charge on any atom is -0.0643 e. The Morgan fingerprint density at radius 1 is 1.75 bits per heavy atom. The third-order valence-corrected chi connectivity index (χ3v) is 1.25. The lowest BCUT2D eigenvalue weighted by molar-refractivity contribution is -0.785. The second kappa shape index (κ2) is 2.13. The lowest BCUT2D eigenvalue weighted by atomic mass is 11.4. The molecule has 0 fully saturated rings. The maximum atomic E-state index is 3.94. The number of hydrogen-bond acceptors (Lipinski definition) is 3. The van der Waals surface area contributed by atoms with Gasteiger partial charge in [-0.25, -0.2) is 0 Å². The number of aromatic nitrogens is 4. The number of hydrogen-bond donors (Lipinski definition) is 1. The van der Waals surface area contributed by atoms with Gasteiger partial charge in [-0.15, -0.1) is 0 Å². The molecule has 0 saturated heterocycles. The molecule has 0 atom stereocenters. The summed E-state index contributed by atoms with van der Waals surface area (Å²) >= 11 is 1.52. The fourth-order valence-electron chi connectivity index (χ4n) is 0.375. The predicted octanol–water partition coefficient (Wildman–Crippen LogP) is -0.649. The van der Waals surface area contributed by atoms with E-state index in [1.165, 1.54) is 11.8 Å². The largest absolute Gasteiger partial charge is 0.365 e. The zero-order valence-electron chi connectivity index (χ0n) is 4.75. The van der Waals surface area contributed by atoms with Crippen LogP contribution >= 0.6 is 11.8 Å². The summed E-state index contributed by atoms with van der Waals surface area (Å²) in [6.45, 7) is 0. The molecule has 0 aliphatic heterocycles. The van der Waals surface area contributed by atoms with E-state index in [0.29, 0.717) is 0 Å². The molecule has 0 aromatic carbocycles. The monoisotopic (exact) mass is 131 g/mol. The first-order chi connectivity index (χ1) is 3.83. The fraction of sp³-hybridized carbons (Fsp3) is 0.667. The van der Waals surface area contributed by atoms with E-state index in [1.807, 2.05) is 6.26 Å². The highest BCUT2D eigenvalue weighted by Crippen LogP contribution is 2.00. The van der Waals surface area contributed by atoms with E-state index in [4.69, 9.17) is 0 Å². The van der Waals surface area contributed by atoms with E-state index in [1.54, 1.807) is 11.8 Å². The summed E-state index contributed by atoms with van der Waals surface area (Å²) in [7, 11) is 1.80. The standard InChI is InChI=1S/C3H6N4S/c1-7-5-3(8-2)4-6-7/h1-2H3/p+1. The lowest BCUT2D eigenvalue weighted by Crippen LogP contribution is -2.33. The Balaban J connectivity index is 2.84. The van der Waals surface area contributed by atoms with Gasteiger partial charge in [0.1, 0.15) is 7.05 Å². The van der Waals surface area contributed by atoms with Crippen LogP contribution in [0.15, 0.2) is 5.16 Å². The number of rotatable bonds is 1. The van der Waals surface area contributed by atoms with Crippen molar-refractivity contribution < 1.29 is 4.80 Å². The van der Waals surface area contributed by atoms with Gasteiger partial charge < -0.3 is 0 Å². The molecule has 8 heavy (non-hydrogen) atoms. The van der Waals surface area contributed by atoms with Gasteiger partial charge in [0.15, 0.2) is 0 Å². The fourth-order valence-corrected chi connectivity index (χ4v) is 0.711. The molecule has 0 saturated carbocycles. The summed E-state index contributed by atoms with van der Waals surface area (Å²) in [5, 5.41) is 11.2. The average Bonchev–Trinajstić information content (AvgIpc) is 2.14. The second-order valence-corrected chi connectivity index (χ2v) is 2.10. The number of nitrogens with one attached hydrogen (secondary N) is 1. The van der Waals surface area contributed by atoms with Gasteiger partial charge in [-0.1, -0.05) is 16.6 Å². The molecule has 0 spiro atoms. The number of aromatic amines is 1. The van der Waals surface area contributed by atoms with Crippen LogP contribution < -0.4 is 4.80 Å². The van der Waals surface area contributed by atoms with Gasteiger partial charge in [-0.3, -0.25) is 0 Å². The molecule has 0 amide bonds. The Bertz CT molecular complexity index is 172. The molecule has 1 heterocycles. The van der Waals surface area contributed by atoms with Crippen molar-refractivity contribution in [3.05, 3.63) is 0 Å². The molecule has 44 valence electrons. The number of H-pyrrole nitrogens is 1. The van der Waals surface area contributed by atoms with Gasteiger partial charge in [0.25, 0.3) is 0 Å². The van der Waals surface area contributed by atoms with E-state index in [2.05, 4.69) is 15.4 Å². The molecule has 5 heteroatoms. The molecule has 0 unspecified atom stereocenters. The summed E-state index contributed by atoms with van der Waals surface area (Å²) in [6, 6.07) is 0. The first-order valence-electron chi connectivity index (χ1n) is 2.15. The van der Waals surface area contributed by atoms with Crippen LogP contribution in [0.25, 0.3) is 0 Å². The van der Waals surface area contributed by atoms with E-state index < -0.39 is 0 Å². The number of thioether (sulfide) groups is 1. The van der Waals surface area contributed by atoms with Crippen molar-refractivity contribution in [1.29, 1.82) is 0 Å². The molecule has 1 aromatic heterocycles. The van der Waals surface area contributed by atoms with Crippen molar-refractivity contribution in [3.8, 4) is 0 Å². The lowest BCUT2D eigenvalue weighted by Gasteiger charge is -1.68. The third kappa shape index (κ3) is 0.975. The maximum absolute atomic E-state index is 3.94. The van der Waals surface area contributed by atoms with E-state index in [0.717, 1.165) is 5.16 Å². The van der Waals surface area contributed by atoms with Gasteiger partial charge >= 0.3 is 5.16 Å². The van der Waals surface area contributed by atoms with Gasteiger partial charge in [0.05, 0.1) is 5.10 Å². The van der Waals surface area contributed by atoms with Crippen LogP contribution in [0.5, 0.6) is 0 Å². The molecule has 0 aliphatic carbocycles. The highest BCUT2D eigenvalue weighted by molar-refractivity contribution is 7.98. The van der Waals surface area contributed by atoms with Gasteiger partial charge in [-0.05, 0) is 16.6 Å². The minimum atomic E-state index is 0.771. The Hall–Kier alpha value is -0.580. The van der Waals surface area contributed by atoms with Crippen molar-refractivity contribution in [2.45, 2.75) is 5.16 Å². The second-order valence-electron chi connectivity index (χ2n) is 1.32. The van der Waals surface area contributed by atoms with Crippen LogP contribution in [0.1, 0.15) is 0 Å². The Morgan fingerprint density at radius 3 is 2.75 bits per heavy atom. The molecule has 0 bridgehead atoms. The summed E-state index contributed by atoms with van der Waals surface area (Å²) in [5.74, 6) is 0. The highest BCUT2D eigenvalue weighted by Gasteiger charge is 2.03. The normalized spacial score (nSPS) is 9.75. The van der Waals surface area contributed by atoms with Crippen molar-refractivity contribution >= 4 is 11.8 Å². The first kappa shape index (κ1) is 5.55. The van der Waals surface area contributed by atoms with Crippen molar-refractivity contribution in [1.82, 2.24) is 15.4 Å². The van der Waals surface area contributed by atoms with Gasteiger partial charge in [0.2, 0.25) is 0 Å². The summed E-state index contributed by atoms with van der Waals surface area (Å²) in [4.78, 5) is 1.56. The Kier molecular flexibility index (Phi) is 1.48. The SMILES string of the molecule is CSc1n[nH][n+](C)n1. The Labute approximate surface area is 51.3 Å². The summed E-state index contributed by atoms with van der Waals surface area (Å²) in [5.41, 5.74) is 0. The maximum Gasteiger partial charge on any atom is 0.365 e. The molecule has 1 N–H and O–H groups in total. The summed E-state index contributed by atoms with van der Waals surface area (Å²) in [6.07, 6.45) is 1.93. The molecule has 0 aliphatic rings. The van der Waals surface area contributed by atoms with Crippen LogP contribution in [0, 0.1) is 0 Å². The zero-order valence-corrected chi connectivity index (χ0v) is 5.57. The van der Waals surface area contributed by atoms with Crippen LogP contribution in [0.2, 0.25) is 0 Å². The van der Waals surface area contributed by atoms with Gasteiger partial charge in [-0.2, -0.15) is 0 Å². The van der Waals surface area contributed by atoms with Crippen LogP contribution in [-0.4, -0.2) is 21.7 Å². The quantitative estimate of drug-likeness (QED) is 0.407. The van der Waals surface area contributed by atoms with Crippen LogP contribution in [0.4, 0.5) is 0 Å². The minimum absolute atomic E-state index is 0.771. The van der Waals surface area contributed by atoms with E-state index in [9.17, 15) is 0 Å². The molecule has 4 nitrogen and oxygen atoms in total. The average molecular weight is 131 g/mol. The number of nitrogens with zero attached hydrogens (tertiary/aromatic N) is 3. The smallest absolute Gasteiger partial charge is 0.0643 e. The van der Waals surface area contributed by atoms with Crippen LogP contribution in [0.3, 0.4) is 0 Å². The van der Waals surface area contributed by atoms with Crippen molar-refractivity contribution in [2.75, 3.05) is 6.26 Å². The topological polar surface area (TPSA) is 45.5 Å². The number of tetrazole rings is 1. The third-order valence-electron chi connectivity index (χ3n) is 0.708.